The summed E-state index contributed by atoms with van der Waals surface area (Å²) in [4.78, 5) is 29.7. The number of benzene rings is 3. The lowest BCUT2D eigenvalue weighted by molar-refractivity contribution is -0.115. The number of amidine groups is 1. The number of sulfonamides is 1. The zero-order valence-corrected chi connectivity index (χ0v) is 27.4. The first kappa shape index (κ1) is 35.2. The molecule has 12 heteroatoms. The SMILES string of the molecule is CCC(CC)N(CC(=O)Nc1ccc(-c2ccccc2S(N)(=O)=O)cc1)c1cccc(C(=N)NC(=O)OC(C)N(CC)CC)c1. The smallest absolute Gasteiger partial charge is 0.414 e. The van der Waals surface area contributed by atoms with Gasteiger partial charge in [-0.3, -0.25) is 20.4 Å². The first-order valence-corrected chi connectivity index (χ1v) is 16.7. The molecule has 242 valence electrons. The van der Waals surface area contributed by atoms with Gasteiger partial charge in [-0.15, -0.1) is 0 Å². The van der Waals surface area contributed by atoms with E-state index in [4.69, 9.17) is 15.3 Å². The van der Waals surface area contributed by atoms with Crippen molar-refractivity contribution >= 4 is 39.2 Å². The molecule has 0 aliphatic rings. The van der Waals surface area contributed by atoms with Gasteiger partial charge in [-0.05, 0) is 68.8 Å². The molecule has 45 heavy (non-hydrogen) atoms. The number of amides is 2. The lowest BCUT2D eigenvalue weighted by atomic mass is 10.1. The molecule has 3 aromatic rings. The average Bonchev–Trinajstić information content (AvgIpc) is 3.01. The van der Waals surface area contributed by atoms with Crippen LogP contribution in [0.4, 0.5) is 16.2 Å². The van der Waals surface area contributed by atoms with Gasteiger partial charge in [0, 0.05) is 28.5 Å². The largest absolute Gasteiger partial charge is 0.430 e. The van der Waals surface area contributed by atoms with Crippen LogP contribution in [0.2, 0.25) is 0 Å². The number of carbonyl (C=O) groups is 2. The van der Waals surface area contributed by atoms with Crippen LogP contribution in [0, 0.1) is 5.41 Å². The van der Waals surface area contributed by atoms with Crippen LogP contribution < -0.4 is 20.7 Å². The number of nitrogens with two attached hydrogens (primary N) is 1. The summed E-state index contributed by atoms with van der Waals surface area (Å²) in [6.45, 7) is 11.4. The number of ether oxygens (including phenoxy) is 1. The monoisotopic (exact) mass is 636 g/mol. The summed E-state index contributed by atoms with van der Waals surface area (Å²) in [7, 11) is -3.91. The van der Waals surface area contributed by atoms with Crippen molar-refractivity contribution in [1.29, 1.82) is 5.41 Å². The molecular formula is C33H44N6O5S. The molecule has 0 saturated carbocycles. The van der Waals surface area contributed by atoms with Gasteiger partial charge in [-0.1, -0.05) is 70.2 Å². The summed E-state index contributed by atoms with van der Waals surface area (Å²) >= 11 is 0. The Balaban J connectivity index is 1.74. The number of hydrogen-bond donors (Lipinski definition) is 4. The van der Waals surface area contributed by atoms with Crippen LogP contribution in [0.5, 0.6) is 0 Å². The quantitative estimate of drug-likeness (QED) is 0.105. The van der Waals surface area contributed by atoms with Crippen molar-refractivity contribution in [3.05, 3.63) is 78.4 Å². The molecule has 3 aromatic carbocycles. The Labute approximate surface area is 266 Å². The average molecular weight is 637 g/mol. The fourth-order valence-corrected chi connectivity index (χ4v) is 5.97. The lowest BCUT2D eigenvalue weighted by Crippen LogP contribution is -2.41. The van der Waals surface area contributed by atoms with Crippen LogP contribution in [-0.2, 0) is 19.6 Å². The van der Waals surface area contributed by atoms with Gasteiger partial charge in [-0.25, -0.2) is 18.4 Å². The third-order valence-electron chi connectivity index (χ3n) is 7.67. The maximum atomic E-state index is 13.3. The molecule has 5 N–H and O–H groups in total. The molecule has 0 saturated heterocycles. The Bertz CT molecular complexity index is 1570. The Morgan fingerprint density at radius 1 is 0.933 bits per heavy atom. The van der Waals surface area contributed by atoms with Crippen molar-refractivity contribution in [1.82, 2.24) is 10.2 Å². The summed E-state index contributed by atoms with van der Waals surface area (Å²) in [5.41, 5.74) is 2.90. The van der Waals surface area contributed by atoms with E-state index in [0.717, 1.165) is 31.6 Å². The van der Waals surface area contributed by atoms with Gasteiger partial charge >= 0.3 is 6.09 Å². The highest BCUT2D eigenvalue weighted by molar-refractivity contribution is 7.89. The third-order valence-corrected chi connectivity index (χ3v) is 8.64. The highest BCUT2D eigenvalue weighted by atomic mass is 32.2. The standard InChI is InChI=1S/C33H44N6O5S/c1-6-27(7-2)39(28-14-12-13-25(21-28)32(34)37-33(41)44-23(5)38(8-3)9-4)22-31(40)36-26-19-17-24(18-20-26)29-15-10-11-16-30(29)45(35,42)43/h10-21,23,27H,6-9,22H2,1-5H3,(H,36,40)(H2,34,37,41)(H2,35,42,43). The normalized spacial score (nSPS) is 12.1. The second-order valence-corrected chi connectivity index (χ2v) is 12.1. The molecule has 2 amide bonds. The van der Waals surface area contributed by atoms with Crippen LogP contribution in [0.15, 0.2) is 77.7 Å². The van der Waals surface area contributed by atoms with Crippen LogP contribution in [0.25, 0.3) is 11.1 Å². The summed E-state index contributed by atoms with van der Waals surface area (Å²) in [5.74, 6) is -0.348. The summed E-state index contributed by atoms with van der Waals surface area (Å²) in [6, 6.07) is 20.6. The summed E-state index contributed by atoms with van der Waals surface area (Å²) in [6.07, 6.45) is 0.437. The molecule has 3 rings (SSSR count). The number of anilines is 2. The van der Waals surface area contributed by atoms with E-state index in [-0.39, 0.29) is 29.2 Å². The van der Waals surface area contributed by atoms with E-state index >= 15 is 0 Å². The van der Waals surface area contributed by atoms with Gasteiger partial charge < -0.3 is 15.0 Å². The van der Waals surface area contributed by atoms with Gasteiger partial charge in [0.1, 0.15) is 5.84 Å². The van der Waals surface area contributed by atoms with Crippen molar-refractivity contribution in [3.8, 4) is 11.1 Å². The highest BCUT2D eigenvalue weighted by Gasteiger charge is 2.21. The zero-order chi connectivity index (χ0) is 33.1. The summed E-state index contributed by atoms with van der Waals surface area (Å²) < 4.78 is 29.5. The fourth-order valence-electron chi connectivity index (χ4n) is 5.21. The highest BCUT2D eigenvalue weighted by Crippen LogP contribution is 2.28. The predicted octanol–water partition coefficient (Wildman–Crippen LogP) is 5.37. The maximum Gasteiger partial charge on any atom is 0.414 e. The van der Waals surface area contributed by atoms with Crippen molar-refractivity contribution < 1.29 is 22.7 Å². The number of nitrogens with one attached hydrogen (secondary N) is 3. The molecule has 0 heterocycles. The molecule has 0 fully saturated rings. The van der Waals surface area contributed by atoms with Gasteiger partial charge in [-0.2, -0.15) is 0 Å². The van der Waals surface area contributed by atoms with Crippen LogP contribution in [0.1, 0.15) is 53.0 Å². The van der Waals surface area contributed by atoms with Crippen molar-refractivity contribution in [2.45, 2.75) is 64.6 Å². The van der Waals surface area contributed by atoms with E-state index < -0.39 is 22.3 Å². The molecule has 0 bridgehead atoms. The Kier molecular flexibility index (Phi) is 12.7. The maximum absolute atomic E-state index is 13.3. The zero-order valence-electron chi connectivity index (χ0n) is 26.5. The van der Waals surface area contributed by atoms with Gasteiger partial charge in [0.25, 0.3) is 0 Å². The minimum absolute atomic E-state index is 0.0270. The lowest BCUT2D eigenvalue weighted by Gasteiger charge is -2.32. The number of primary sulfonamides is 1. The number of carbonyl (C=O) groups excluding carboxylic acids is 2. The van der Waals surface area contributed by atoms with Crippen LogP contribution in [-0.4, -0.2) is 63.1 Å². The first-order valence-electron chi connectivity index (χ1n) is 15.1. The topological polar surface area (TPSA) is 158 Å². The van der Waals surface area contributed by atoms with E-state index in [1.807, 2.05) is 29.7 Å². The van der Waals surface area contributed by atoms with Crippen LogP contribution >= 0.6 is 0 Å². The predicted molar refractivity (Wildman–Crippen MR) is 179 cm³/mol. The molecule has 0 spiro atoms. The minimum Gasteiger partial charge on any atom is -0.430 e. The van der Waals surface area contributed by atoms with E-state index in [1.54, 1.807) is 67.6 Å². The molecule has 0 aliphatic heterocycles. The van der Waals surface area contributed by atoms with E-state index in [0.29, 0.717) is 22.4 Å². The van der Waals surface area contributed by atoms with E-state index in [2.05, 4.69) is 24.5 Å². The fraction of sp³-hybridized carbons (Fsp3) is 0.364. The Morgan fingerprint density at radius 2 is 1.58 bits per heavy atom. The number of alkyl carbamates (subject to hydrolysis) is 1. The minimum atomic E-state index is -3.91. The van der Waals surface area contributed by atoms with Crippen molar-refractivity contribution in [2.24, 2.45) is 5.14 Å². The van der Waals surface area contributed by atoms with Crippen LogP contribution in [0.3, 0.4) is 0 Å². The third kappa shape index (κ3) is 9.61. The molecule has 0 aliphatic carbocycles. The molecule has 11 nitrogen and oxygen atoms in total. The van der Waals surface area contributed by atoms with Gasteiger partial charge in [0.2, 0.25) is 15.9 Å². The molecule has 1 unspecified atom stereocenters. The van der Waals surface area contributed by atoms with E-state index in [9.17, 15) is 18.0 Å². The Hall–Kier alpha value is -4.26. The molecule has 0 radical (unpaired) electrons. The van der Waals surface area contributed by atoms with Gasteiger partial charge in [0.15, 0.2) is 6.23 Å². The molecule has 0 aromatic heterocycles. The van der Waals surface area contributed by atoms with Gasteiger partial charge in [0.05, 0.1) is 11.4 Å². The first-order chi connectivity index (χ1) is 21.4. The molecular weight excluding hydrogens is 592 g/mol. The molecule has 1 atom stereocenters. The second kappa shape index (κ2) is 16.2. The van der Waals surface area contributed by atoms with Crippen molar-refractivity contribution in [2.75, 3.05) is 29.9 Å². The number of hydrogen-bond acceptors (Lipinski definition) is 8. The number of rotatable bonds is 14. The second-order valence-electron chi connectivity index (χ2n) is 10.5. The summed E-state index contributed by atoms with van der Waals surface area (Å²) in [5, 5.41) is 19.3. The number of nitrogens with zero attached hydrogens (tertiary/aromatic N) is 2. The van der Waals surface area contributed by atoms with E-state index in [1.165, 1.54) is 6.07 Å². The Morgan fingerprint density at radius 3 is 2.18 bits per heavy atom. The van der Waals surface area contributed by atoms with Crippen molar-refractivity contribution in [3.63, 3.8) is 0 Å².